The summed E-state index contributed by atoms with van der Waals surface area (Å²) in [6, 6.07) is 21.3. The lowest BCUT2D eigenvalue weighted by Crippen LogP contribution is -2.52. The first-order valence-corrected chi connectivity index (χ1v) is 12.7. The predicted molar refractivity (Wildman–Crippen MR) is 135 cm³/mol. The molecule has 182 valence electrons. The Hall–Kier alpha value is -3.05. The number of aryl methyl sites for hydroxylation is 1. The zero-order chi connectivity index (χ0) is 24.3. The van der Waals surface area contributed by atoms with E-state index in [2.05, 4.69) is 49.4 Å². The fourth-order valence-corrected chi connectivity index (χ4v) is 5.64. The Labute approximate surface area is 207 Å². The highest BCUT2D eigenvalue weighted by Crippen LogP contribution is 2.39. The molecule has 2 aromatic carbocycles. The Kier molecular flexibility index (Phi) is 6.96. The molecule has 4 nitrogen and oxygen atoms in total. The van der Waals surface area contributed by atoms with Crippen LogP contribution in [0.2, 0.25) is 0 Å². The average molecular weight is 473 g/mol. The smallest absolute Gasteiger partial charge is 0.233 e. The standard InChI is InChI=1S/C30H33FN2O2/c1-22-6-2-3-7-24(22)20-27-10-5-11-28(32-27)23-12-16-33(17-13-23)29(34)30(14-18-35-19-15-30)25-8-4-9-26(31)21-25/h2-11,21,23H,12-20H2,1H3. The van der Waals surface area contributed by atoms with Crippen LogP contribution in [-0.2, 0) is 21.4 Å². The Morgan fingerprint density at radius 2 is 1.77 bits per heavy atom. The molecule has 2 fully saturated rings. The lowest BCUT2D eigenvalue weighted by atomic mass is 9.72. The van der Waals surface area contributed by atoms with E-state index in [1.165, 1.54) is 23.3 Å². The minimum atomic E-state index is -0.696. The molecule has 2 aliphatic rings. The second-order valence-electron chi connectivity index (χ2n) is 9.93. The molecule has 0 spiro atoms. The quantitative estimate of drug-likeness (QED) is 0.487. The Morgan fingerprint density at radius 1 is 1.03 bits per heavy atom. The van der Waals surface area contributed by atoms with Crippen molar-refractivity contribution in [3.63, 3.8) is 0 Å². The highest BCUT2D eigenvalue weighted by Gasteiger charge is 2.45. The van der Waals surface area contributed by atoms with Crippen molar-refractivity contribution in [3.8, 4) is 0 Å². The molecule has 2 saturated heterocycles. The Balaban J connectivity index is 1.28. The summed E-state index contributed by atoms with van der Waals surface area (Å²) in [5.74, 6) is 0.165. The Morgan fingerprint density at radius 3 is 2.51 bits per heavy atom. The molecule has 0 atom stereocenters. The van der Waals surface area contributed by atoms with Crippen molar-refractivity contribution in [1.29, 1.82) is 0 Å². The maximum atomic E-state index is 14.1. The molecular formula is C30H33FN2O2. The van der Waals surface area contributed by atoms with Gasteiger partial charge in [0.05, 0.1) is 5.41 Å². The van der Waals surface area contributed by atoms with Crippen molar-refractivity contribution in [3.05, 3.63) is 101 Å². The van der Waals surface area contributed by atoms with Crippen LogP contribution in [0.1, 0.15) is 59.7 Å². The van der Waals surface area contributed by atoms with Gasteiger partial charge >= 0.3 is 0 Å². The van der Waals surface area contributed by atoms with Gasteiger partial charge < -0.3 is 9.64 Å². The number of nitrogens with zero attached hydrogens (tertiary/aromatic N) is 2. The number of ether oxygens (including phenoxy) is 1. The van der Waals surface area contributed by atoms with Crippen LogP contribution >= 0.6 is 0 Å². The number of carbonyl (C=O) groups excluding carboxylic acids is 1. The number of hydrogen-bond acceptors (Lipinski definition) is 3. The molecule has 5 rings (SSSR count). The fraction of sp³-hybridized carbons (Fsp3) is 0.400. The van der Waals surface area contributed by atoms with E-state index < -0.39 is 5.41 Å². The molecule has 0 N–H and O–H groups in total. The lowest BCUT2D eigenvalue weighted by molar-refractivity contribution is -0.142. The van der Waals surface area contributed by atoms with Gasteiger partial charge in [-0.05, 0) is 73.6 Å². The van der Waals surface area contributed by atoms with E-state index in [9.17, 15) is 9.18 Å². The minimum Gasteiger partial charge on any atom is -0.381 e. The third-order valence-electron chi connectivity index (χ3n) is 7.79. The summed E-state index contributed by atoms with van der Waals surface area (Å²) in [4.78, 5) is 20.8. The molecule has 0 unspecified atom stereocenters. The third kappa shape index (κ3) is 5.01. The summed E-state index contributed by atoms with van der Waals surface area (Å²) in [5.41, 5.74) is 4.87. The van der Waals surface area contributed by atoms with Crippen LogP contribution in [0, 0.1) is 12.7 Å². The van der Waals surface area contributed by atoms with Gasteiger partial charge in [0.1, 0.15) is 5.82 Å². The normalized spacial score (nSPS) is 18.4. The SMILES string of the molecule is Cc1ccccc1Cc1cccc(C2CCN(C(=O)C3(c4cccc(F)c4)CCOCC3)CC2)n1. The van der Waals surface area contributed by atoms with Gasteiger partial charge in [-0.1, -0.05) is 42.5 Å². The summed E-state index contributed by atoms with van der Waals surface area (Å²) in [5, 5.41) is 0. The molecule has 0 saturated carbocycles. The number of likely N-dealkylation sites (tertiary alicyclic amines) is 1. The number of amides is 1. The number of piperidine rings is 1. The number of hydrogen-bond donors (Lipinski definition) is 0. The van der Waals surface area contributed by atoms with Crippen molar-refractivity contribution in [2.24, 2.45) is 0 Å². The van der Waals surface area contributed by atoms with E-state index in [4.69, 9.17) is 9.72 Å². The van der Waals surface area contributed by atoms with Crippen molar-refractivity contribution in [2.45, 2.75) is 50.4 Å². The number of rotatable bonds is 5. The second-order valence-corrected chi connectivity index (χ2v) is 9.93. The van der Waals surface area contributed by atoms with Gasteiger partial charge in [-0.15, -0.1) is 0 Å². The molecular weight excluding hydrogens is 439 g/mol. The summed E-state index contributed by atoms with van der Waals surface area (Å²) >= 11 is 0. The fourth-order valence-electron chi connectivity index (χ4n) is 5.64. The van der Waals surface area contributed by atoms with Crippen molar-refractivity contribution in [1.82, 2.24) is 9.88 Å². The maximum Gasteiger partial charge on any atom is 0.233 e. The van der Waals surface area contributed by atoms with E-state index in [-0.39, 0.29) is 11.7 Å². The van der Waals surface area contributed by atoms with Gasteiger partial charge in [-0.3, -0.25) is 9.78 Å². The van der Waals surface area contributed by atoms with E-state index in [1.54, 1.807) is 6.07 Å². The molecule has 2 aliphatic heterocycles. The van der Waals surface area contributed by atoms with Gasteiger partial charge in [-0.25, -0.2) is 4.39 Å². The van der Waals surface area contributed by atoms with Gasteiger partial charge in [0.2, 0.25) is 5.91 Å². The second kappa shape index (κ2) is 10.3. The van der Waals surface area contributed by atoms with Crippen molar-refractivity contribution in [2.75, 3.05) is 26.3 Å². The molecule has 1 amide bonds. The predicted octanol–water partition coefficient (Wildman–Crippen LogP) is 5.57. The van der Waals surface area contributed by atoms with Crippen LogP contribution in [0.25, 0.3) is 0 Å². The zero-order valence-corrected chi connectivity index (χ0v) is 20.4. The number of carbonyl (C=O) groups is 1. The third-order valence-corrected chi connectivity index (χ3v) is 7.79. The van der Waals surface area contributed by atoms with Crippen LogP contribution in [-0.4, -0.2) is 42.1 Å². The topological polar surface area (TPSA) is 42.4 Å². The summed E-state index contributed by atoms with van der Waals surface area (Å²) in [7, 11) is 0. The first-order valence-electron chi connectivity index (χ1n) is 12.7. The van der Waals surface area contributed by atoms with Crippen LogP contribution in [0.3, 0.4) is 0 Å². The average Bonchev–Trinajstić information content (AvgIpc) is 2.90. The van der Waals surface area contributed by atoms with Crippen molar-refractivity contribution >= 4 is 5.91 Å². The molecule has 1 aromatic heterocycles. The van der Waals surface area contributed by atoms with Gasteiger partial charge in [0.15, 0.2) is 0 Å². The van der Waals surface area contributed by atoms with Crippen LogP contribution in [0.5, 0.6) is 0 Å². The number of benzene rings is 2. The van der Waals surface area contributed by atoms with E-state index >= 15 is 0 Å². The monoisotopic (exact) mass is 472 g/mol. The van der Waals surface area contributed by atoms with Gasteiger partial charge in [0, 0.05) is 50.0 Å². The summed E-state index contributed by atoms with van der Waals surface area (Å²) in [6.07, 6.45) is 3.80. The molecule has 0 bridgehead atoms. The van der Waals surface area contributed by atoms with Crippen LogP contribution in [0.15, 0.2) is 66.7 Å². The largest absolute Gasteiger partial charge is 0.381 e. The van der Waals surface area contributed by atoms with Gasteiger partial charge in [0.25, 0.3) is 0 Å². The highest BCUT2D eigenvalue weighted by molar-refractivity contribution is 5.88. The van der Waals surface area contributed by atoms with Crippen LogP contribution < -0.4 is 0 Å². The van der Waals surface area contributed by atoms with Gasteiger partial charge in [-0.2, -0.15) is 0 Å². The maximum absolute atomic E-state index is 14.1. The van der Waals surface area contributed by atoms with E-state index in [1.807, 2.05) is 11.0 Å². The molecule has 5 heteroatoms. The van der Waals surface area contributed by atoms with E-state index in [0.29, 0.717) is 45.1 Å². The number of aromatic nitrogens is 1. The lowest BCUT2D eigenvalue weighted by Gasteiger charge is -2.42. The zero-order valence-electron chi connectivity index (χ0n) is 20.4. The number of pyridine rings is 1. The molecule has 3 heterocycles. The summed E-state index contributed by atoms with van der Waals surface area (Å²) in [6.45, 7) is 4.59. The summed E-state index contributed by atoms with van der Waals surface area (Å²) < 4.78 is 19.6. The van der Waals surface area contributed by atoms with Crippen LogP contribution in [0.4, 0.5) is 4.39 Å². The first-order chi connectivity index (χ1) is 17.0. The van der Waals surface area contributed by atoms with E-state index in [0.717, 1.165) is 36.2 Å². The Bertz CT molecular complexity index is 1180. The molecule has 3 aromatic rings. The minimum absolute atomic E-state index is 0.117. The molecule has 35 heavy (non-hydrogen) atoms. The van der Waals surface area contributed by atoms with Crippen molar-refractivity contribution < 1.29 is 13.9 Å². The highest BCUT2D eigenvalue weighted by atomic mass is 19.1. The molecule has 0 aliphatic carbocycles. The number of halogens is 1. The molecule has 0 radical (unpaired) electrons. The first kappa shape index (κ1) is 23.7.